The van der Waals surface area contributed by atoms with E-state index in [-0.39, 0.29) is 22.5 Å². The molecule has 0 aliphatic heterocycles. The zero-order valence-electron chi connectivity index (χ0n) is 16.4. The summed E-state index contributed by atoms with van der Waals surface area (Å²) in [7, 11) is 0. The van der Waals surface area contributed by atoms with Gasteiger partial charge in [-0.25, -0.2) is 13.8 Å². The maximum Gasteiger partial charge on any atom is 0.261 e. The van der Waals surface area contributed by atoms with Crippen LogP contribution in [0.1, 0.15) is 5.69 Å². The van der Waals surface area contributed by atoms with Crippen LogP contribution in [-0.4, -0.2) is 30.1 Å². The Morgan fingerprint density at radius 2 is 1.88 bits per heavy atom. The molecule has 1 aromatic carbocycles. The highest BCUT2D eigenvalue weighted by molar-refractivity contribution is 5.83. The van der Waals surface area contributed by atoms with Gasteiger partial charge in [0.2, 0.25) is 5.82 Å². The number of halogens is 3. The second kappa shape index (κ2) is 7.69. The number of nitrogens with zero attached hydrogens (tertiary/aromatic N) is 4. The number of benzene rings is 1. The molecule has 0 aliphatic carbocycles. The minimum Gasteiger partial charge on any atom is -0.433 e. The minimum atomic E-state index is -1.000. The van der Waals surface area contributed by atoms with Crippen LogP contribution in [0.4, 0.5) is 24.8 Å². The van der Waals surface area contributed by atoms with Gasteiger partial charge < -0.3 is 15.0 Å². The molecule has 32 heavy (non-hydrogen) atoms. The van der Waals surface area contributed by atoms with Crippen LogP contribution in [0.25, 0.3) is 22.3 Å². The van der Waals surface area contributed by atoms with Crippen molar-refractivity contribution in [3.63, 3.8) is 0 Å². The van der Waals surface area contributed by atoms with Gasteiger partial charge in [0, 0.05) is 29.4 Å². The van der Waals surface area contributed by atoms with Crippen LogP contribution < -0.4 is 10.1 Å². The van der Waals surface area contributed by atoms with Crippen LogP contribution in [0.2, 0.25) is 0 Å². The van der Waals surface area contributed by atoms with Crippen molar-refractivity contribution in [3.8, 4) is 23.0 Å². The Balaban J connectivity index is 1.43. The van der Waals surface area contributed by atoms with E-state index < -0.39 is 29.1 Å². The van der Waals surface area contributed by atoms with E-state index in [0.717, 1.165) is 12.4 Å². The van der Waals surface area contributed by atoms with E-state index in [1.165, 1.54) is 6.07 Å². The zero-order chi connectivity index (χ0) is 22.2. The van der Waals surface area contributed by atoms with E-state index in [0.29, 0.717) is 17.1 Å². The molecule has 0 radical (unpaired) electrons. The van der Waals surface area contributed by atoms with E-state index in [4.69, 9.17) is 4.74 Å². The van der Waals surface area contributed by atoms with Crippen molar-refractivity contribution >= 4 is 22.5 Å². The van der Waals surface area contributed by atoms with Crippen molar-refractivity contribution in [3.05, 3.63) is 72.1 Å². The van der Waals surface area contributed by atoms with Crippen LogP contribution in [0.15, 0.2) is 48.9 Å². The number of rotatable bonds is 5. The fourth-order valence-corrected chi connectivity index (χ4v) is 3.18. The summed E-state index contributed by atoms with van der Waals surface area (Å²) in [6.07, 6.45) is 2.66. The van der Waals surface area contributed by atoms with Crippen molar-refractivity contribution in [2.75, 3.05) is 5.32 Å². The normalized spacial score (nSPS) is 11.1. The Morgan fingerprint density at radius 3 is 2.69 bits per heavy atom. The van der Waals surface area contributed by atoms with Crippen molar-refractivity contribution in [1.29, 1.82) is 0 Å². The second-order valence-electron chi connectivity index (χ2n) is 6.86. The van der Waals surface area contributed by atoms with Gasteiger partial charge in [0.05, 0.1) is 16.9 Å². The average Bonchev–Trinajstić information content (AvgIpc) is 3.42. The number of anilines is 2. The van der Waals surface area contributed by atoms with E-state index in [1.54, 1.807) is 31.3 Å². The monoisotopic (exact) mass is 437 g/mol. The Morgan fingerprint density at radius 1 is 1.00 bits per heavy atom. The summed E-state index contributed by atoms with van der Waals surface area (Å²) in [5, 5.41) is 9.52. The molecule has 4 aromatic heterocycles. The summed E-state index contributed by atoms with van der Waals surface area (Å²) in [6.45, 7) is 1.66. The number of nitrogens with one attached hydrogen (secondary N) is 3. The number of hydrogen-bond acceptors (Lipinski definition) is 6. The van der Waals surface area contributed by atoms with Gasteiger partial charge >= 0.3 is 0 Å². The first-order valence-corrected chi connectivity index (χ1v) is 9.39. The summed E-state index contributed by atoms with van der Waals surface area (Å²) < 4.78 is 49.3. The number of aromatic amines is 2. The predicted octanol–water partition coefficient (Wildman–Crippen LogP) is 5.00. The lowest BCUT2D eigenvalue weighted by atomic mass is 10.2. The van der Waals surface area contributed by atoms with Gasteiger partial charge in [-0.15, -0.1) is 0 Å². The largest absolute Gasteiger partial charge is 0.433 e. The van der Waals surface area contributed by atoms with E-state index in [1.807, 2.05) is 6.07 Å². The molecular weight excluding hydrogens is 423 g/mol. The molecule has 0 aliphatic rings. The number of ether oxygens (including phenoxy) is 1. The topological polar surface area (TPSA) is 104 Å². The first kappa shape index (κ1) is 19.5. The molecule has 160 valence electrons. The van der Waals surface area contributed by atoms with Crippen molar-refractivity contribution < 1.29 is 17.9 Å². The highest BCUT2D eigenvalue weighted by Gasteiger charge is 2.20. The molecule has 4 heterocycles. The van der Waals surface area contributed by atoms with Crippen LogP contribution in [0.5, 0.6) is 11.6 Å². The third-order valence-electron chi connectivity index (χ3n) is 4.63. The van der Waals surface area contributed by atoms with Crippen LogP contribution >= 0.6 is 0 Å². The Labute approximate surface area is 178 Å². The number of aryl methyl sites for hydroxylation is 1. The standard InChI is InChI=1S/C21H14F3N7O/c1-10-6-11-17(23)15(7-12(22)19(11)28-10)32-21-18(24)20(26-9-27-21)29-16-8-14(30-31-16)13-4-2-3-5-25-13/h2-9,28H,1H3,(H2,26,27,29,30,31). The van der Waals surface area contributed by atoms with Gasteiger partial charge in [-0.2, -0.15) is 14.5 Å². The molecule has 8 nitrogen and oxygen atoms in total. The molecule has 5 aromatic rings. The van der Waals surface area contributed by atoms with Crippen molar-refractivity contribution in [2.24, 2.45) is 0 Å². The first-order chi connectivity index (χ1) is 15.5. The van der Waals surface area contributed by atoms with E-state index in [9.17, 15) is 13.2 Å². The SMILES string of the molecule is Cc1cc2c(F)c(Oc3ncnc(Nc4cc(-c5ccccn5)[nH]n4)c3F)cc(F)c2[nH]1. The summed E-state index contributed by atoms with van der Waals surface area (Å²) in [5.74, 6) is -3.66. The highest BCUT2D eigenvalue weighted by Crippen LogP contribution is 2.34. The summed E-state index contributed by atoms with van der Waals surface area (Å²) in [5.41, 5.74) is 1.82. The number of H-pyrrole nitrogens is 2. The maximum atomic E-state index is 14.9. The number of fused-ring (bicyclic) bond motifs is 1. The van der Waals surface area contributed by atoms with Crippen LogP contribution in [-0.2, 0) is 0 Å². The molecule has 0 saturated carbocycles. The molecule has 0 unspecified atom stereocenters. The predicted molar refractivity (Wildman–Crippen MR) is 110 cm³/mol. The molecule has 5 rings (SSSR count). The lowest BCUT2D eigenvalue weighted by molar-refractivity contribution is 0.397. The lowest BCUT2D eigenvalue weighted by Gasteiger charge is -2.10. The number of aromatic nitrogens is 6. The molecule has 0 atom stereocenters. The van der Waals surface area contributed by atoms with E-state index >= 15 is 0 Å². The maximum absolute atomic E-state index is 14.9. The second-order valence-corrected chi connectivity index (χ2v) is 6.86. The lowest BCUT2D eigenvalue weighted by Crippen LogP contribution is -2.02. The van der Waals surface area contributed by atoms with Crippen molar-refractivity contribution in [2.45, 2.75) is 6.92 Å². The van der Waals surface area contributed by atoms with Gasteiger partial charge in [-0.1, -0.05) is 6.07 Å². The molecule has 0 spiro atoms. The number of pyridine rings is 1. The van der Waals surface area contributed by atoms with Gasteiger partial charge in [0.1, 0.15) is 6.33 Å². The summed E-state index contributed by atoms with van der Waals surface area (Å²) in [6, 6.07) is 9.25. The minimum absolute atomic E-state index is 0.0000994. The Bertz CT molecular complexity index is 1430. The molecule has 11 heteroatoms. The molecule has 0 fully saturated rings. The quantitative estimate of drug-likeness (QED) is 0.357. The van der Waals surface area contributed by atoms with Crippen LogP contribution in [0.3, 0.4) is 0 Å². The molecular formula is C21H14F3N7O. The number of hydrogen-bond donors (Lipinski definition) is 3. The van der Waals surface area contributed by atoms with Gasteiger partial charge in [0.25, 0.3) is 5.88 Å². The summed E-state index contributed by atoms with van der Waals surface area (Å²) >= 11 is 0. The fraction of sp³-hybridized carbons (Fsp3) is 0.0476. The molecule has 3 N–H and O–H groups in total. The third-order valence-corrected chi connectivity index (χ3v) is 4.63. The third kappa shape index (κ3) is 3.49. The van der Waals surface area contributed by atoms with Gasteiger partial charge in [-0.05, 0) is 25.1 Å². The van der Waals surface area contributed by atoms with Gasteiger partial charge in [0.15, 0.2) is 29.0 Å². The fourth-order valence-electron chi connectivity index (χ4n) is 3.18. The van der Waals surface area contributed by atoms with Gasteiger partial charge in [-0.3, -0.25) is 10.1 Å². The van der Waals surface area contributed by atoms with E-state index in [2.05, 4.69) is 35.5 Å². The highest BCUT2D eigenvalue weighted by atomic mass is 19.1. The summed E-state index contributed by atoms with van der Waals surface area (Å²) in [4.78, 5) is 14.5. The smallest absolute Gasteiger partial charge is 0.261 e. The average molecular weight is 437 g/mol. The Hall–Kier alpha value is -4.41. The molecule has 0 amide bonds. The van der Waals surface area contributed by atoms with Crippen molar-refractivity contribution in [1.82, 2.24) is 30.1 Å². The zero-order valence-corrected chi connectivity index (χ0v) is 16.4. The van der Waals surface area contributed by atoms with Crippen LogP contribution in [0, 0.1) is 24.4 Å². The molecule has 0 bridgehead atoms. The first-order valence-electron chi connectivity index (χ1n) is 9.39. The Kier molecular flexibility index (Phi) is 4.70. The molecule has 0 saturated heterocycles.